The summed E-state index contributed by atoms with van der Waals surface area (Å²) in [6.07, 6.45) is -0.799. The number of nitrogens with one attached hydrogen (secondary N) is 1. The number of aliphatic hydroxyl groups excluding tert-OH is 1. The first-order chi connectivity index (χ1) is 18.9. The van der Waals surface area contributed by atoms with E-state index in [1.165, 1.54) is 17.2 Å². The molecule has 0 saturated carbocycles. The Hall–Kier alpha value is -2.42. The maximum absolute atomic E-state index is 13.4. The summed E-state index contributed by atoms with van der Waals surface area (Å²) in [6.45, 7) is 8.36. The lowest BCUT2D eigenvalue weighted by Gasteiger charge is -2.31. The summed E-state index contributed by atoms with van der Waals surface area (Å²) >= 11 is 0. The number of alkyl halides is 3. The minimum absolute atomic E-state index is 0.00232. The summed E-state index contributed by atoms with van der Waals surface area (Å²) in [6, 6.07) is 12.3. The summed E-state index contributed by atoms with van der Waals surface area (Å²) < 4.78 is 51.1. The minimum atomic E-state index is -4.47. The van der Waals surface area contributed by atoms with Crippen molar-refractivity contribution in [2.24, 2.45) is 5.92 Å². The van der Waals surface area contributed by atoms with Crippen LogP contribution in [0.2, 0.25) is 0 Å². The van der Waals surface area contributed by atoms with E-state index in [1.54, 1.807) is 13.8 Å². The molecule has 1 aliphatic carbocycles. The van der Waals surface area contributed by atoms with Gasteiger partial charge in [-0.15, -0.1) is 0 Å². The van der Waals surface area contributed by atoms with Crippen molar-refractivity contribution in [1.82, 2.24) is 5.32 Å². The number of carbonyl (C=O) groups is 1. The predicted molar refractivity (Wildman–Crippen MR) is 150 cm³/mol. The van der Waals surface area contributed by atoms with Gasteiger partial charge < -0.3 is 19.9 Å². The maximum atomic E-state index is 13.4. The molecule has 2 aromatic rings. The molecule has 40 heavy (non-hydrogen) atoms. The Labute approximate surface area is 236 Å². The number of β-amino-alcohol motifs (C(OH)–C–C–N with tert-alkyl or cyclic N) is 1. The number of unbranched alkanes of at least 4 members (excludes halogenated alkanes) is 1. The fourth-order valence-corrected chi connectivity index (χ4v) is 5.58. The van der Waals surface area contributed by atoms with Crippen molar-refractivity contribution in [3.05, 3.63) is 70.3 Å². The molecule has 222 valence electrons. The molecule has 0 fully saturated rings. The van der Waals surface area contributed by atoms with Crippen molar-refractivity contribution in [2.75, 3.05) is 19.8 Å². The highest BCUT2D eigenvalue weighted by Crippen LogP contribution is 2.34. The average molecular weight is 564 g/mol. The van der Waals surface area contributed by atoms with E-state index in [0.717, 1.165) is 37.0 Å². The quantitative estimate of drug-likeness (QED) is 0.189. The molecule has 0 heterocycles. The van der Waals surface area contributed by atoms with Crippen molar-refractivity contribution in [3.63, 3.8) is 0 Å². The van der Waals surface area contributed by atoms with Gasteiger partial charge in [0.15, 0.2) is 0 Å². The molecular formula is C32H44F3NO4. The molecule has 2 aromatic carbocycles. The highest BCUT2D eigenvalue weighted by molar-refractivity contribution is 5.69. The van der Waals surface area contributed by atoms with Gasteiger partial charge in [-0.25, -0.2) is 0 Å². The first kappa shape index (κ1) is 32.1. The fourth-order valence-electron chi connectivity index (χ4n) is 5.58. The van der Waals surface area contributed by atoms with Crippen LogP contribution in [0.3, 0.4) is 0 Å². The molecule has 0 bridgehead atoms. The average Bonchev–Trinajstić information content (AvgIpc) is 3.29. The molecule has 0 aliphatic heterocycles. The van der Waals surface area contributed by atoms with Gasteiger partial charge in [-0.2, -0.15) is 13.2 Å². The zero-order valence-electron chi connectivity index (χ0n) is 24.2. The van der Waals surface area contributed by atoms with E-state index in [-0.39, 0.29) is 24.5 Å². The summed E-state index contributed by atoms with van der Waals surface area (Å²) in [5.41, 5.74) is 3.11. The molecule has 0 unspecified atom stereocenters. The largest absolute Gasteiger partial charge is 0.466 e. The third-order valence-electron chi connectivity index (χ3n) is 7.58. The Morgan fingerprint density at radius 1 is 1.10 bits per heavy atom. The molecular weight excluding hydrogens is 519 g/mol. The van der Waals surface area contributed by atoms with E-state index in [2.05, 4.69) is 43.4 Å². The topological polar surface area (TPSA) is 67.8 Å². The van der Waals surface area contributed by atoms with Crippen LogP contribution < -0.4 is 5.32 Å². The number of ether oxygens (including phenoxy) is 2. The lowest BCUT2D eigenvalue weighted by atomic mass is 9.88. The second kappa shape index (κ2) is 14.5. The van der Waals surface area contributed by atoms with Gasteiger partial charge in [-0.05, 0) is 107 Å². The normalized spacial score (nSPS) is 15.6. The Kier molecular flexibility index (Phi) is 11.6. The van der Waals surface area contributed by atoms with E-state index in [0.29, 0.717) is 43.9 Å². The van der Waals surface area contributed by atoms with Gasteiger partial charge >= 0.3 is 12.1 Å². The molecule has 2 N–H and O–H groups in total. The number of aliphatic hydroxyl groups is 1. The number of rotatable bonds is 15. The SMILES string of the molecule is CCOC(=O)CCCCc1ccc(C(F)(F)F)cc1[C@@H](C)OC[C@H](O)CNC(C)(C)CC1Cc2ccccc2C1. The van der Waals surface area contributed by atoms with Crippen molar-refractivity contribution in [2.45, 2.75) is 96.6 Å². The highest BCUT2D eigenvalue weighted by atomic mass is 19.4. The number of esters is 1. The molecule has 0 saturated heterocycles. The van der Waals surface area contributed by atoms with Gasteiger partial charge in [0.1, 0.15) is 0 Å². The van der Waals surface area contributed by atoms with E-state index in [9.17, 15) is 23.1 Å². The molecule has 0 amide bonds. The van der Waals surface area contributed by atoms with E-state index >= 15 is 0 Å². The lowest BCUT2D eigenvalue weighted by molar-refractivity contribution is -0.143. The third-order valence-corrected chi connectivity index (χ3v) is 7.58. The van der Waals surface area contributed by atoms with Crippen LogP contribution in [0.1, 0.15) is 87.3 Å². The van der Waals surface area contributed by atoms with Gasteiger partial charge in [0.25, 0.3) is 0 Å². The van der Waals surface area contributed by atoms with Crippen molar-refractivity contribution in [1.29, 1.82) is 0 Å². The minimum Gasteiger partial charge on any atom is -0.466 e. The van der Waals surface area contributed by atoms with Crippen LogP contribution in [0.5, 0.6) is 0 Å². The number of fused-ring (bicyclic) bond motifs is 1. The second-order valence-electron chi connectivity index (χ2n) is 11.6. The number of carbonyl (C=O) groups excluding carboxylic acids is 1. The summed E-state index contributed by atoms with van der Waals surface area (Å²) in [5, 5.41) is 14.1. The second-order valence-corrected chi connectivity index (χ2v) is 11.6. The van der Waals surface area contributed by atoms with Crippen LogP contribution in [0.25, 0.3) is 0 Å². The molecule has 0 spiro atoms. The first-order valence-corrected chi connectivity index (χ1v) is 14.3. The summed E-state index contributed by atoms with van der Waals surface area (Å²) in [4.78, 5) is 11.6. The first-order valence-electron chi connectivity index (χ1n) is 14.3. The van der Waals surface area contributed by atoms with Crippen LogP contribution in [0, 0.1) is 5.92 Å². The molecule has 3 rings (SSSR count). The Balaban J connectivity index is 1.51. The number of aryl methyl sites for hydroxylation is 1. The van der Waals surface area contributed by atoms with E-state index < -0.39 is 23.9 Å². The standard InChI is InChI=1S/C32H44F3NO4/c1-5-39-30(38)13-9-8-10-24-14-15-27(32(33,34)35)18-29(24)22(2)40-21-28(37)20-36-31(3,4)19-23-16-25-11-6-7-12-26(25)17-23/h6-7,11-12,14-15,18,22-23,28,36-37H,5,8-10,13,16-17,19-21H2,1-4H3/t22-,28-/m1/s1. The van der Waals surface area contributed by atoms with Gasteiger partial charge in [-0.3, -0.25) is 4.79 Å². The van der Waals surface area contributed by atoms with E-state index in [1.807, 2.05) is 0 Å². The van der Waals surface area contributed by atoms with Crippen LogP contribution in [-0.2, 0) is 39.7 Å². The summed E-state index contributed by atoms with van der Waals surface area (Å²) in [7, 11) is 0. The Bertz CT molecular complexity index is 1080. The molecule has 0 aromatic heterocycles. The van der Waals surface area contributed by atoms with Crippen LogP contribution in [-0.4, -0.2) is 42.5 Å². The summed E-state index contributed by atoms with van der Waals surface area (Å²) in [5.74, 6) is 0.274. The molecule has 8 heteroatoms. The fraction of sp³-hybridized carbons (Fsp3) is 0.594. The van der Waals surface area contributed by atoms with Crippen LogP contribution in [0.4, 0.5) is 13.2 Å². The lowest BCUT2D eigenvalue weighted by Crippen LogP contribution is -2.45. The van der Waals surface area contributed by atoms with Gasteiger partial charge in [0, 0.05) is 18.5 Å². The van der Waals surface area contributed by atoms with Crippen molar-refractivity contribution in [3.8, 4) is 0 Å². The molecule has 2 atom stereocenters. The van der Waals surface area contributed by atoms with Crippen molar-refractivity contribution < 1.29 is 32.5 Å². The van der Waals surface area contributed by atoms with Gasteiger partial charge in [0.2, 0.25) is 0 Å². The number of hydrogen-bond acceptors (Lipinski definition) is 5. The van der Waals surface area contributed by atoms with Gasteiger partial charge in [0.05, 0.1) is 31.0 Å². The smallest absolute Gasteiger partial charge is 0.416 e. The van der Waals surface area contributed by atoms with Crippen LogP contribution >= 0.6 is 0 Å². The van der Waals surface area contributed by atoms with Crippen molar-refractivity contribution >= 4 is 5.97 Å². The highest BCUT2D eigenvalue weighted by Gasteiger charge is 2.32. The molecule has 5 nitrogen and oxygen atoms in total. The number of benzene rings is 2. The zero-order chi connectivity index (χ0) is 29.3. The zero-order valence-corrected chi connectivity index (χ0v) is 24.2. The molecule has 0 radical (unpaired) electrons. The maximum Gasteiger partial charge on any atom is 0.416 e. The monoisotopic (exact) mass is 563 g/mol. The Morgan fingerprint density at radius 3 is 2.40 bits per heavy atom. The van der Waals surface area contributed by atoms with E-state index in [4.69, 9.17) is 9.47 Å². The molecule has 1 aliphatic rings. The number of halogens is 3. The Morgan fingerprint density at radius 2 is 1.77 bits per heavy atom. The van der Waals surface area contributed by atoms with Gasteiger partial charge in [-0.1, -0.05) is 30.3 Å². The third kappa shape index (κ3) is 9.89. The number of hydrogen-bond donors (Lipinski definition) is 2. The predicted octanol–water partition coefficient (Wildman–Crippen LogP) is 6.59. The van der Waals surface area contributed by atoms with Crippen LogP contribution in [0.15, 0.2) is 42.5 Å².